The van der Waals surface area contributed by atoms with Crippen LogP contribution in [0.15, 0.2) is 42.5 Å². The van der Waals surface area contributed by atoms with E-state index in [9.17, 15) is 4.79 Å². The number of methoxy groups -OCH3 is 2. The first kappa shape index (κ1) is 17.5. The van der Waals surface area contributed by atoms with Gasteiger partial charge in [0, 0.05) is 31.9 Å². The summed E-state index contributed by atoms with van der Waals surface area (Å²) in [4.78, 5) is 12.0. The van der Waals surface area contributed by atoms with Crippen LogP contribution in [0, 0.1) is 0 Å². The van der Waals surface area contributed by atoms with Crippen molar-refractivity contribution in [2.45, 2.75) is 18.9 Å². The topological polar surface area (TPSA) is 56.8 Å². The van der Waals surface area contributed by atoms with Crippen molar-refractivity contribution in [3.8, 4) is 11.5 Å². The zero-order valence-corrected chi connectivity index (χ0v) is 14.6. The van der Waals surface area contributed by atoms with Gasteiger partial charge >= 0.3 is 0 Å². The summed E-state index contributed by atoms with van der Waals surface area (Å²) in [6.45, 7) is 0.985. The first-order valence-corrected chi connectivity index (χ1v) is 8.42. The third-order valence-corrected chi connectivity index (χ3v) is 4.39. The Hall–Kier alpha value is -2.37. The number of benzene rings is 2. The molecule has 0 aliphatic heterocycles. The van der Waals surface area contributed by atoms with Crippen LogP contribution < -0.4 is 10.1 Å². The predicted octanol–water partition coefficient (Wildman–Crippen LogP) is 3.49. The van der Waals surface area contributed by atoms with Crippen LogP contribution in [-0.4, -0.2) is 33.3 Å². The van der Waals surface area contributed by atoms with Gasteiger partial charge in [0.05, 0.1) is 12.7 Å². The fourth-order valence-electron chi connectivity index (χ4n) is 3.09. The molecule has 0 fully saturated rings. The largest absolute Gasteiger partial charge is 0.457 e. The predicted molar refractivity (Wildman–Crippen MR) is 95.2 cm³/mol. The van der Waals surface area contributed by atoms with E-state index in [1.54, 1.807) is 26.4 Å². The van der Waals surface area contributed by atoms with Gasteiger partial charge in [-0.15, -0.1) is 0 Å². The molecule has 1 N–H and O–H groups in total. The highest BCUT2D eigenvalue weighted by Crippen LogP contribution is 2.40. The van der Waals surface area contributed by atoms with E-state index >= 15 is 0 Å². The van der Waals surface area contributed by atoms with Gasteiger partial charge in [-0.05, 0) is 48.7 Å². The maximum atomic E-state index is 12.0. The number of fused-ring (bicyclic) bond motifs is 1. The molecular formula is C20H23NO4. The third kappa shape index (κ3) is 4.00. The summed E-state index contributed by atoms with van der Waals surface area (Å²) < 4.78 is 16.5. The fraction of sp³-hybridized carbons (Fsp3) is 0.350. The van der Waals surface area contributed by atoms with Crippen LogP contribution in [-0.2, 0) is 15.9 Å². The van der Waals surface area contributed by atoms with Gasteiger partial charge in [0.25, 0.3) is 5.91 Å². The molecule has 2 aromatic carbocycles. The average molecular weight is 341 g/mol. The van der Waals surface area contributed by atoms with Crippen LogP contribution in [0.25, 0.3) is 0 Å². The number of ether oxygens (including phenoxy) is 3. The molecule has 0 saturated carbocycles. The van der Waals surface area contributed by atoms with Crippen molar-refractivity contribution in [1.82, 2.24) is 5.32 Å². The number of carbonyl (C=O) groups is 1. The van der Waals surface area contributed by atoms with E-state index in [1.807, 2.05) is 24.3 Å². The molecule has 132 valence electrons. The molecule has 25 heavy (non-hydrogen) atoms. The molecule has 1 amide bonds. The minimum absolute atomic E-state index is 0.118. The lowest BCUT2D eigenvalue weighted by Gasteiger charge is -2.13. The number of rotatable bonds is 7. The zero-order valence-electron chi connectivity index (χ0n) is 14.6. The van der Waals surface area contributed by atoms with Crippen molar-refractivity contribution in [2.24, 2.45) is 0 Å². The van der Waals surface area contributed by atoms with Gasteiger partial charge in [0.1, 0.15) is 11.5 Å². The smallest absolute Gasteiger partial charge is 0.251 e. The number of nitrogens with one attached hydrogen (secondary N) is 1. The van der Waals surface area contributed by atoms with E-state index in [-0.39, 0.29) is 12.0 Å². The van der Waals surface area contributed by atoms with Gasteiger partial charge < -0.3 is 19.5 Å². The molecule has 0 saturated heterocycles. The Balaban J connectivity index is 1.69. The first-order valence-electron chi connectivity index (χ1n) is 8.42. The Kier molecular flexibility index (Phi) is 5.68. The summed E-state index contributed by atoms with van der Waals surface area (Å²) in [6, 6.07) is 13.2. The Bertz CT molecular complexity index is 727. The van der Waals surface area contributed by atoms with Crippen molar-refractivity contribution in [2.75, 3.05) is 27.4 Å². The van der Waals surface area contributed by atoms with Gasteiger partial charge in [-0.1, -0.05) is 12.1 Å². The number of amides is 1. The maximum absolute atomic E-state index is 12.0. The van der Waals surface area contributed by atoms with Crippen molar-refractivity contribution in [3.05, 3.63) is 59.2 Å². The minimum atomic E-state index is -0.118. The van der Waals surface area contributed by atoms with Crippen LogP contribution in [0.3, 0.4) is 0 Å². The Labute approximate surface area is 147 Å². The van der Waals surface area contributed by atoms with E-state index in [4.69, 9.17) is 14.2 Å². The number of hydrogen-bond donors (Lipinski definition) is 1. The lowest BCUT2D eigenvalue weighted by Crippen LogP contribution is -2.26. The van der Waals surface area contributed by atoms with Gasteiger partial charge in [-0.3, -0.25) is 4.79 Å². The van der Waals surface area contributed by atoms with E-state index in [0.29, 0.717) is 24.5 Å². The molecular weight excluding hydrogens is 318 g/mol. The van der Waals surface area contributed by atoms with E-state index in [2.05, 4.69) is 11.4 Å². The third-order valence-electron chi connectivity index (χ3n) is 4.39. The zero-order chi connectivity index (χ0) is 17.6. The Morgan fingerprint density at radius 2 is 1.96 bits per heavy atom. The summed E-state index contributed by atoms with van der Waals surface area (Å²) in [5.74, 6) is 1.45. The normalized spacial score (nSPS) is 15.7. The molecule has 0 aromatic heterocycles. The molecule has 1 aliphatic rings. The summed E-state index contributed by atoms with van der Waals surface area (Å²) >= 11 is 0. The lowest BCUT2D eigenvalue weighted by atomic mass is 10.1. The van der Waals surface area contributed by atoms with E-state index in [0.717, 1.165) is 18.6 Å². The van der Waals surface area contributed by atoms with Crippen LogP contribution in [0.5, 0.6) is 11.5 Å². The Morgan fingerprint density at radius 1 is 1.16 bits per heavy atom. The van der Waals surface area contributed by atoms with Gasteiger partial charge in [0.2, 0.25) is 0 Å². The lowest BCUT2D eigenvalue weighted by molar-refractivity contribution is 0.0937. The SMILES string of the molecule is COCCNC(=O)c1ccc(Oc2cccc3c2CC[C@H]3OC)cc1. The molecule has 0 spiro atoms. The standard InChI is InChI=1S/C20H23NO4/c1-23-13-12-21-20(22)14-6-8-15(9-7-14)25-19-5-3-4-16-17(19)10-11-18(16)24-2/h3-9,18H,10-13H2,1-2H3,(H,21,22)/t18-/m1/s1. The summed E-state index contributed by atoms with van der Waals surface area (Å²) in [5.41, 5.74) is 3.01. The molecule has 0 unspecified atom stereocenters. The highest BCUT2D eigenvalue weighted by Gasteiger charge is 2.25. The molecule has 1 atom stereocenters. The van der Waals surface area contributed by atoms with Gasteiger partial charge in [-0.2, -0.15) is 0 Å². The molecule has 5 nitrogen and oxygen atoms in total. The monoisotopic (exact) mass is 341 g/mol. The van der Waals surface area contributed by atoms with Crippen LogP contribution in [0.2, 0.25) is 0 Å². The summed E-state index contributed by atoms with van der Waals surface area (Å²) in [6.07, 6.45) is 2.08. The number of carbonyl (C=O) groups excluding carboxylic acids is 1. The first-order chi connectivity index (χ1) is 12.2. The molecule has 3 rings (SSSR count). The van der Waals surface area contributed by atoms with E-state index in [1.165, 1.54) is 11.1 Å². The van der Waals surface area contributed by atoms with Crippen LogP contribution in [0.4, 0.5) is 0 Å². The van der Waals surface area contributed by atoms with Gasteiger partial charge in [0.15, 0.2) is 0 Å². The highest BCUT2D eigenvalue weighted by molar-refractivity contribution is 5.94. The second-order valence-corrected chi connectivity index (χ2v) is 5.96. The molecule has 2 aromatic rings. The van der Waals surface area contributed by atoms with Crippen molar-refractivity contribution >= 4 is 5.91 Å². The molecule has 0 heterocycles. The molecule has 5 heteroatoms. The second kappa shape index (κ2) is 8.14. The maximum Gasteiger partial charge on any atom is 0.251 e. The van der Waals surface area contributed by atoms with Crippen molar-refractivity contribution < 1.29 is 19.0 Å². The Morgan fingerprint density at radius 3 is 2.68 bits per heavy atom. The summed E-state index contributed by atoms with van der Waals surface area (Å²) in [7, 11) is 3.34. The minimum Gasteiger partial charge on any atom is -0.457 e. The average Bonchev–Trinajstić information content (AvgIpc) is 3.07. The quantitative estimate of drug-likeness (QED) is 0.783. The number of hydrogen-bond acceptors (Lipinski definition) is 4. The molecule has 0 bridgehead atoms. The fourth-order valence-corrected chi connectivity index (χ4v) is 3.09. The van der Waals surface area contributed by atoms with Crippen molar-refractivity contribution in [3.63, 3.8) is 0 Å². The van der Waals surface area contributed by atoms with Crippen LogP contribution >= 0.6 is 0 Å². The van der Waals surface area contributed by atoms with E-state index < -0.39 is 0 Å². The molecule has 0 radical (unpaired) electrons. The van der Waals surface area contributed by atoms with Crippen LogP contribution in [0.1, 0.15) is 34.0 Å². The van der Waals surface area contributed by atoms with Crippen molar-refractivity contribution in [1.29, 1.82) is 0 Å². The summed E-state index contributed by atoms with van der Waals surface area (Å²) in [5, 5.41) is 2.80. The molecule has 1 aliphatic carbocycles. The second-order valence-electron chi connectivity index (χ2n) is 5.96. The highest BCUT2D eigenvalue weighted by atomic mass is 16.5. The van der Waals surface area contributed by atoms with Gasteiger partial charge in [-0.25, -0.2) is 0 Å².